The van der Waals surface area contributed by atoms with E-state index in [0.29, 0.717) is 6.10 Å². The van der Waals surface area contributed by atoms with Crippen LogP contribution in [0.1, 0.15) is 51.9 Å². The van der Waals surface area contributed by atoms with Gasteiger partial charge in [-0.3, -0.25) is 4.79 Å². The van der Waals surface area contributed by atoms with Gasteiger partial charge < -0.3 is 24.6 Å². The lowest BCUT2D eigenvalue weighted by Crippen LogP contribution is -2.47. The van der Waals surface area contributed by atoms with Gasteiger partial charge in [-0.15, -0.1) is 0 Å². The van der Waals surface area contributed by atoms with Gasteiger partial charge in [0.05, 0.1) is 18.8 Å². The average Bonchev–Trinajstić information content (AvgIpc) is 3.26. The molecule has 0 aromatic heterocycles. The van der Waals surface area contributed by atoms with Crippen molar-refractivity contribution in [1.82, 2.24) is 15.1 Å². The maximum absolute atomic E-state index is 12.3. The van der Waals surface area contributed by atoms with Crippen LogP contribution in [0.2, 0.25) is 0 Å². The van der Waals surface area contributed by atoms with Crippen LogP contribution in [0, 0.1) is 0 Å². The molecule has 0 saturated carbocycles. The molecule has 0 aromatic carbocycles. The second-order valence-electron chi connectivity index (χ2n) is 7.77. The Morgan fingerprint density at radius 3 is 2.52 bits per heavy atom. The van der Waals surface area contributed by atoms with Crippen LogP contribution in [-0.4, -0.2) is 86.4 Å². The predicted octanol–water partition coefficient (Wildman–Crippen LogP) is 1.62. The fraction of sp³-hybridized carbons (Fsp3) is 0.900. The molecule has 7 nitrogen and oxygen atoms in total. The molecule has 3 fully saturated rings. The van der Waals surface area contributed by atoms with Gasteiger partial charge in [0.1, 0.15) is 6.54 Å². The minimum absolute atomic E-state index is 0.147. The van der Waals surface area contributed by atoms with Crippen molar-refractivity contribution in [2.75, 3.05) is 52.5 Å². The number of carbonyl (C=O) groups is 1. The summed E-state index contributed by atoms with van der Waals surface area (Å²) in [6.45, 7) is 8.34. The topological polar surface area (TPSA) is 66.4 Å². The fourth-order valence-electron chi connectivity index (χ4n) is 4.05. The first-order valence-corrected chi connectivity index (χ1v) is 10.8. The summed E-state index contributed by atoms with van der Waals surface area (Å²) >= 11 is 0. The van der Waals surface area contributed by atoms with Gasteiger partial charge in [-0.05, 0) is 51.9 Å². The fourth-order valence-corrected chi connectivity index (χ4v) is 4.05. The molecule has 1 amide bonds. The van der Waals surface area contributed by atoms with Crippen molar-refractivity contribution in [2.45, 2.75) is 64.1 Å². The summed E-state index contributed by atoms with van der Waals surface area (Å²) in [4.78, 5) is 21.1. The summed E-state index contributed by atoms with van der Waals surface area (Å²) in [7, 11) is 0. The smallest absolute Gasteiger partial charge is 0.244 e. The van der Waals surface area contributed by atoms with Crippen LogP contribution in [0.3, 0.4) is 0 Å². The van der Waals surface area contributed by atoms with Crippen molar-refractivity contribution < 1.29 is 14.3 Å². The van der Waals surface area contributed by atoms with E-state index in [2.05, 4.69) is 22.1 Å². The van der Waals surface area contributed by atoms with Crippen molar-refractivity contribution in [3.05, 3.63) is 0 Å². The molecule has 7 heteroatoms. The molecule has 1 atom stereocenters. The first-order valence-electron chi connectivity index (χ1n) is 10.8. The Bertz CT molecular complexity index is 480. The second kappa shape index (κ2) is 10.9. The standard InChI is InChI=1S/C20H36N4O3/c1-2-21-20(22-15-19(25)23-10-4-5-11-23)24-12-8-17(9-13-24)27-16-18-7-3-6-14-26-18/h17-18H,2-16H2,1H3,(H,21,22). The maximum atomic E-state index is 12.3. The van der Waals surface area contributed by atoms with Gasteiger partial charge in [-0.25, -0.2) is 4.99 Å². The molecule has 1 unspecified atom stereocenters. The Kier molecular flexibility index (Phi) is 8.20. The van der Waals surface area contributed by atoms with Gasteiger partial charge in [0.2, 0.25) is 5.91 Å². The van der Waals surface area contributed by atoms with E-state index in [-0.39, 0.29) is 18.6 Å². The number of piperidine rings is 1. The Hall–Kier alpha value is -1.34. The SMILES string of the molecule is CCNC(=NCC(=O)N1CCCC1)N1CCC(OCC2CCCCO2)CC1. The minimum Gasteiger partial charge on any atom is -0.376 e. The Balaban J connectivity index is 1.41. The van der Waals surface area contributed by atoms with Crippen molar-refractivity contribution in [3.8, 4) is 0 Å². The third kappa shape index (κ3) is 6.35. The summed E-state index contributed by atoms with van der Waals surface area (Å²) in [5.74, 6) is 1.01. The summed E-state index contributed by atoms with van der Waals surface area (Å²) < 4.78 is 11.9. The second-order valence-corrected chi connectivity index (χ2v) is 7.77. The molecule has 3 saturated heterocycles. The number of amides is 1. The predicted molar refractivity (Wildman–Crippen MR) is 106 cm³/mol. The molecule has 3 aliphatic rings. The maximum Gasteiger partial charge on any atom is 0.244 e. The molecule has 0 bridgehead atoms. The summed E-state index contributed by atoms with van der Waals surface area (Å²) in [6.07, 6.45) is 8.39. The molecular weight excluding hydrogens is 344 g/mol. The number of rotatable bonds is 6. The molecule has 154 valence electrons. The van der Waals surface area contributed by atoms with E-state index in [1.165, 1.54) is 12.8 Å². The van der Waals surface area contributed by atoms with Crippen LogP contribution >= 0.6 is 0 Å². The third-order valence-corrected chi connectivity index (χ3v) is 5.69. The number of aliphatic imine (C=N–C) groups is 1. The van der Waals surface area contributed by atoms with Gasteiger partial charge in [-0.1, -0.05) is 0 Å². The largest absolute Gasteiger partial charge is 0.376 e. The van der Waals surface area contributed by atoms with Crippen LogP contribution in [0.4, 0.5) is 0 Å². The van der Waals surface area contributed by atoms with E-state index in [0.717, 1.165) is 84.0 Å². The molecule has 3 heterocycles. The first kappa shape index (κ1) is 20.4. The molecule has 3 aliphatic heterocycles. The van der Waals surface area contributed by atoms with Crippen LogP contribution in [0.15, 0.2) is 4.99 Å². The number of carbonyl (C=O) groups excluding carboxylic acids is 1. The highest BCUT2D eigenvalue weighted by Crippen LogP contribution is 2.18. The van der Waals surface area contributed by atoms with E-state index < -0.39 is 0 Å². The molecule has 0 spiro atoms. The Morgan fingerprint density at radius 2 is 1.85 bits per heavy atom. The summed E-state index contributed by atoms with van der Waals surface area (Å²) in [5.41, 5.74) is 0. The van der Waals surface area contributed by atoms with Gasteiger partial charge in [0.15, 0.2) is 5.96 Å². The zero-order chi connectivity index (χ0) is 18.9. The van der Waals surface area contributed by atoms with Crippen molar-refractivity contribution in [2.24, 2.45) is 4.99 Å². The Morgan fingerprint density at radius 1 is 1.07 bits per heavy atom. The number of ether oxygens (including phenoxy) is 2. The Labute approximate surface area is 163 Å². The van der Waals surface area contributed by atoms with Crippen LogP contribution < -0.4 is 5.32 Å². The lowest BCUT2D eigenvalue weighted by atomic mass is 10.1. The van der Waals surface area contributed by atoms with Gasteiger partial charge in [-0.2, -0.15) is 0 Å². The van der Waals surface area contributed by atoms with Crippen LogP contribution in [0.5, 0.6) is 0 Å². The summed E-state index contributed by atoms with van der Waals surface area (Å²) in [6, 6.07) is 0. The molecular formula is C20H36N4O3. The van der Waals surface area contributed by atoms with Gasteiger partial charge in [0.25, 0.3) is 0 Å². The monoisotopic (exact) mass is 380 g/mol. The third-order valence-electron chi connectivity index (χ3n) is 5.69. The number of hydrogen-bond donors (Lipinski definition) is 1. The lowest BCUT2D eigenvalue weighted by molar-refractivity contribution is -0.128. The highest BCUT2D eigenvalue weighted by molar-refractivity contribution is 5.85. The molecule has 0 radical (unpaired) electrons. The number of nitrogens with one attached hydrogen (secondary N) is 1. The highest BCUT2D eigenvalue weighted by atomic mass is 16.5. The average molecular weight is 381 g/mol. The highest BCUT2D eigenvalue weighted by Gasteiger charge is 2.24. The molecule has 3 rings (SSSR count). The van der Waals surface area contributed by atoms with Gasteiger partial charge in [0, 0.05) is 39.3 Å². The van der Waals surface area contributed by atoms with E-state index in [1.807, 2.05) is 4.90 Å². The molecule has 1 N–H and O–H groups in total. The van der Waals surface area contributed by atoms with Gasteiger partial charge >= 0.3 is 0 Å². The first-order chi connectivity index (χ1) is 13.3. The van der Waals surface area contributed by atoms with E-state index in [9.17, 15) is 4.79 Å². The quantitative estimate of drug-likeness (QED) is 0.560. The zero-order valence-corrected chi connectivity index (χ0v) is 16.8. The molecule has 0 aliphatic carbocycles. The number of hydrogen-bond acceptors (Lipinski definition) is 4. The zero-order valence-electron chi connectivity index (χ0n) is 16.8. The van der Waals surface area contributed by atoms with Crippen LogP contribution in [-0.2, 0) is 14.3 Å². The van der Waals surface area contributed by atoms with E-state index in [1.54, 1.807) is 0 Å². The van der Waals surface area contributed by atoms with E-state index >= 15 is 0 Å². The van der Waals surface area contributed by atoms with E-state index in [4.69, 9.17) is 9.47 Å². The molecule has 27 heavy (non-hydrogen) atoms. The number of guanidine groups is 1. The van der Waals surface area contributed by atoms with Crippen molar-refractivity contribution >= 4 is 11.9 Å². The number of likely N-dealkylation sites (tertiary alicyclic amines) is 2. The molecule has 0 aromatic rings. The minimum atomic E-state index is 0.147. The summed E-state index contributed by atoms with van der Waals surface area (Å²) in [5, 5.41) is 3.34. The van der Waals surface area contributed by atoms with Crippen molar-refractivity contribution in [3.63, 3.8) is 0 Å². The lowest BCUT2D eigenvalue weighted by Gasteiger charge is -2.35. The normalized spacial score (nSPS) is 25.1. The number of nitrogens with zero attached hydrogens (tertiary/aromatic N) is 3. The van der Waals surface area contributed by atoms with Crippen molar-refractivity contribution in [1.29, 1.82) is 0 Å². The van der Waals surface area contributed by atoms with Crippen LogP contribution in [0.25, 0.3) is 0 Å².